The normalized spacial score (nSPS) is 21.1. The molecule has 0 amide bonds. The van der Waals surface area contributed by atoms with Crippen LogP contribution in [0.5, 0.6) is 0 Å². The molecule has 76 valence electrons. The van der Waals surface area contributed by atoms with E-state index in [1.54, 1.807) is 5.98 Å². The molecular formula is C12H13BO2. The molecule has 2 rings (SSSR count). The van der Waals surface area contributed by atoms with Crippen molar-refractivity contribution in [1.82, 2.24) is 0 Å². The first-order valence-electron chi connectivity index (χ1n) is 5.08. The predicted octanol–water partition coefficient (Wildman–Crippen LogP) is 2.06. The third-order valence-corrected chi connectivity index (χ3v) is 2.29. The van der Waals surface area contributed by atoms with Crippen molar-refractivity contribution in [3.8, 4) is 0 Å². The molecule has 0 fully saturated rings. The lowest BCUT2D eigenvalue weighted by atomic mass is 9.86. The lowest BCUT2D eigenvalue weighted by Crippen LogP contribution is -2.26. The minimum Gasteiger partial charge on any atom is -0.423 e. The number of rotatable bonds is 2. The van der Waals surface area contributed by atoms with Crippen LogP contribution < -0.4 is 0 Å². The molecule has 1 aromatic carbocycles. The van der Waals surface area contributed by atoms with E-state index in [9.17, 15) is 5.02 Å². The second-order valence-corrected chi connectivity index (χ2v) is 3.50. The summed E-state index contributed by atoms with van der Waals surface area (Å²) < 4.78 is 5.29. The quantitative estimate of drug-likeness (QED) is 0.740. The van der Waals surface area contributed by atoms with E-state index in [4.69, 9.17) is 4.65 Å². The van der Waals surface area contributed by atoms with E-state index < -0.39 is 7.12 Å². The average molecular weight is 200 g/mol. The van der Waals surface area contributed by atoms with Crippen molar-refractivity contribution < 1.29 is 9.68 Å². The minimum absolute atomic E-state index is 0.0230. The summed E-state index contributed by atoms with van der Waals surface area (Å²) in [6.45, 7) is 0. The Labute approximate surface area is 90.0 Å². The van der Waals surface area contributed by atoms with Gasteiger partial charge in [0.2, 0.25) is 0 Å². The molecule has 1 heterocycles. The second-order valence-electron chi connectivity index (χ2n) is 3.50. The van der Waals surface area contributed by atoms with E-state index in [-0.39, 0.29) is 6.10 Å². The Morgan fingerprint density at radius 3 is 2.87 bits per heavy atom. The van der Waals surface area contributed by atoms with Crippen LogP contribution in [0.4, 0.5) is 0 Å². The monoisotopic (exact) mass is 200 g/mol. The van der Waals surface area contributed by atoms with Crippen molar-refractivity contribution in [1.29, 1.82) is 0 Å². The number of benzene rings is 1. The molecule has 3 heteroatoms. The zero-order chi connectivity index (χ0) is 10.5. The van der Waals surface area contributed by atoms with Gasteiger partial charge >= 0.3 is 7.12 Å². The first kappa shape index (κ1) is 10.2. The van der Waals surface area contributed by atoms with E-state index in [0.29, 0.717) is 0 Å². The van der Waals surface area contributed by atoms with Gasteiger partial charge in [-0.15, -0.1) is 0 Å². The highest BCUT2D eigenvalue weighted by atomic mass is 16.5. The zero-order valence-corrected chi connectivity index (χ0v) is 8.41. The highest BCUT2D eigenvalue weighted by Crippen LogP contribution is 2.11. The van der Waals surface area contributed by atoms with Gasteiger partial charge in [0, 0.05) is 0 Å². The van der Waals surface area contributed by atoms with Gasteiger partial charge in [-0.1, -0.05) is 54.5 Å². The molecule has 0 saturated heterocycles. The van der Waals surface area contributed by atoms with E-state index in [0.717, 1.165) is 12.0 Å². The standard InChI is InChI=1S/C12H13BO2/c14-13-10-4-7-12(15-13)9-8-11-5-2-1-3-6-11/h1-6,8-10,12,14H,7H2/b9-8+. The predicted molar refractivity (Wildman–Crippen MR) is 62.1 cm³/mol. The summed E-state index contributed by atoms with van der Waals surface area (Å²) in [5.41, 5.74) is 1.14. The summed E-state index contributed by atoms with van der Waals surface area (Å²) in [5, 5.41) is 9.23. The van der Waals surface area contributed by atoms with Crippen LogP contribution in [0.25, 0.3) is 6.08 Å². The average Bonchev–Trinajstić information content (AvgIpc) is 2.28. The fraction of sp³-hybridized carbons (Fsp3) is 0.167. The third kappa shape index (κ3) is 3.08. The largest absolute Gasteiger partial charge is 0.483 e. The Hall–Kier alpha value is -1.32. The molecule has 1 atom stereocenters. The maximum Gasteiger partial charge on any atom is 0.483 e. The molecule has 0 radical (unpaired) electrons. The molecule has 1 aliphatic heterocycles. The fourth-order valence-corrected chi connectivity index (χ4v) is 1.52. The smallest absolute Gasteiger partial charge is 0.423 e. The second kappa shape index (κ2) is 4.96. The first-order chi connectivity index (χ1) is 7.34. The van der Waals surface area contributed by atoms with Gasteiger partial charge < -0.3 is 9.68 Å². The van der Waals surface area contributed by atoms with Crippen LogP contribution >= 0.6 is 0 Å². The Kier molecular flexibility index (Phi) is 3.38. The van der Waals surface area contributed by atoms with Crippen molar-refractivity contribution in [2.24, 2.45) is 0 Å². The molecule has 1 aliphatic rings. The first-order valence-corrected chi connectivity index (χ1v) is 5.08. The van der Waals surface area contributed by atoms with Crippen LogP contribution in [0.1, 0.15) is 12.0 Å². The van der Waals surface area contributed by atoms with Crippen molar-refractivity contribution in [2.45, 2.75) is 12.5 Å². The van der Waals surface area contributed by atoms with Crippen LogP contribution in [-0.4, -0.2) is 18.2 Å². The SMILES string of the molecule is OB1C=CCC(/C=C/c2ccccc2)O1. The maximum atomic E-state index is 9.23. The summed E-state index contributed by atoms with van der Waals surface area (Å²) in [6, 6.07) is 10.0. The Morgan fingerprint density at radius 1 is 1.33 bits per heavy atom. The van der Waals surface area contributed by atoms with Crippen molar-refractivity contribution >= 4 is 13.2 Å². The molecule has 0 bridgehead atoms. The topological polar surface area (TPSA) is 29.5 Å². The fourth-order valence-electron chi connectivity index (χ4n) is 1.52. The van der Waals surface area contributed by atoms with E-state index in [1.165, 1.54) is 0 Å². The Morgan fingerprint density at radius 2 is 2.13 bits per heavy atom. The summed E-state index contributed by atoms with van der Waals surface area (Å²) >= 11 is 0. The molecule has 15 heavy (non-hydrogen) atoms. The molecular weight excluding hydrogens is 187 g/mol. The van der Waals surface area contributed by atoms with Gasteiger partial charge in [0.25, 0.3) is 0 Å². The number of hydrogen-bond acceptors (Lipinski definition) is 2. The van der Waals surface area contributed by atoms with E-state index >= 15 is 0 Å². The molecule has 1 unspecified atom stereocenters. The summed E-state index contributed by atoms with van der Waals surface area (Å²) in [4.78, 5) is 0. The van der Waals surface area contributed by atoms with Gasteiger partial charge in [-0.3, -0.25) is 0 Å². The molecule has 0 spiro atoms. The van der Waals surface area contributed by atoms with Gasteiger partial charge in [0.15, 0.2) is 0 Å². The van der Waals surface area contributed by atoms with Crippen LogP contribution in [-0.2, 0) is 4.65 Å². The van der Waals surface area contributed by atoms with Gasteiger partial charge in [0.05, 0.1) is 6.10 Å². The highest BCUT2D eigenvalue weighted by Gasteiger charge is 2.17. The molecule has 0 saturated carbocycles. The van der Waals surface area contributed by atoms with E-state index in [1.807, 2.05) is 48.6 Å². The molecule has 0 aromatic heterocycles. The van der Waals surface area contributed by atoms with Crippen molar-refractivity contribution in [3.05, 3.63) is 54.0 Å². The van der Waals surface area contributed by atoms with Gasteiger partial charge in [-0.2, -0.15) is 0 Å². The number of hydrogen-bond donors (Lipinski definition) is 1. The Balaban J connectivity index is 1.97. The third-order valence-electron chi connectivity index (χ3n) is 2.29. The summed E-state index contributed by atoms with van der Waals surface area (Å²) in [7, 11) is -0.760. The highest BCUT2D eigenvalue weighted by molar-refractivity contribution is 6.49. The molecule has 2 nitrogen and oxygen atoms in total. The maximum absolute atomic E-state index is 9.23. The van der Waals surface area contributed by atoms with Gasteiger partial charge in [-0.05, 0) is 12.0 Å². The van der Waals surface area contributed by atoms with Crippen molar-refractivity contribution in [2.75, 3.05) is 0 Å². The molecule has 1 N–H and O–H groups in total. The van der Waals surface area contributed by atoms with Gasteiger partial charge in [0.1, 0.15) is 0 Å². The lowest BCUT2D eigenvalue weighted by Gasteiger charge is -2.17. The Bertz CT molecular complexity index is 359. The zero-order valence-electron chi connectivity index (χ0n) is 8.41. The molecule has 1 aromatic rings. The lowest BCUT2D eigenvalue weighted by molar-refractivity contribution is 0.209. The van der Waals surface area contributed by atoms with E-state index in [2.05, 4.69) is 0 Å². The summed E-state index contributed by atoms with van der Waals surface area (Å²) in [6.07, 6.45) is 6.72. The van der Waals surface area contributed by atoms with Crippen molar-refractivity contribution in [3.63, 3.8) is 0 Å². The van der Waals surface area contributed by atoms with Gasteiger partial charge in [-0.25, -0.2) is 0 Å². The van der Waals surface area contributed by atoms with Crippen LogP contribution in [0.2, 0.25) is 0 Å². The molecule has 0 aliphatic carbocycles. The van der Waals surface area contributed by atoms with Crippen LogP contribution in [0, 0.1) is 0 Å². The van der Waals surface area contributed by atoms with Crippen LogP contribution in [0.15, 0.2) is 48.5 Å². The van der Waals surface area contributed by atoms with Crippen LogP contribution in [0.3, 0.4) is 0 Å². The summed E-state index contributed by atoms with van der Waals surface area (Å²) in [5.74, 6) is 1.66. The minimum atomic E-state index is -0.760.